The van der Waals surface area contributed by atoms with E-state index in [2.05, 4.69) is 62.1 Å². The number of aromatic amines is 1. The molecule has 0 radical (unpaired) electrons. The number of amides is 1. The van der Waals surface area contributed by atoms with E-state index in [4.69, 9.17) is 0 Å². The first-order valence-electron chi connectivity index (χ1n) is 8.54. The van der Waals surface area contributed by atoms with Gasteiger partial charge in [0.05, 0.1) is 5.56 Å². The fourth-order valence-corrected chi connectivity index (χ4v) is 3.44. The van der Waals surface area contributed by atoms with Crippen LogP contribution in [-0.2, 0) is 6.42 Å². The third kappa shape index (κ3) is 3.80. The fourth-order valence-electron chi connectivity index (χ4n) is 3.00. The molecule has 136 valence electrons. The minimum absolute atomic E-state index is 0.250. The van der Waals surface area contributed by atoms with E-state index in [9.17, 15) is 4.79 Å². The van der Waals surface area contributed by atoms with E-state index in [1.54, 1.807) is 23.8 Å². The summed E-state index contributed by atoms with van der Waals surface area (Å²) in [6, 6.07) is 9.81. The van der Waals surface area contributed by atoms with Gasteiger partial charge in [0.2, 0.25) is 5.13 Å². The van der Waals surface area contributed by atoms with Crippen molar-refractivity contribution in [3.63, 3.8) is 0 Å². The van der Waals surface area contributed by atoms with Gasteiger partial charge in [-0.3, -0.25) is 10.1 Å². The average Bonchev–Trinajstić information content (AvgIpc) is 3.33. The van der Waals surface area contributed by atoms with Crippen molar-refractivity contribution in [2.75, 3.05) is 17.2 Å². The van der Waals surface area contributed by atoms with Crippen molar-refractivity contribution in [3.05, 3.63) is 64.9 Å². The molecule has 0 atom stereocenters. The Morgan fingerprint density at radius 2 is 2.19 bits per heavy atom. The maximum Gasteiger partial charge on any atom is 0.259 e. The number of carbonyl (C=O) groups excluding carboxylic acids is 1. The number of benzene rings is 1. The summed E-state index contributed by atoms with van der Waals surface area (Å²) >= 11 is 1.27. The lowest BCUT2D eigenvalue weighted by Crippen LogP contribution is -2.13. The second-order valence-electron chi connectivity index (χ2n) is 6.12. The van der Waals surface area contributed by atoms with E-state index >= 15 is 0 Å². The molecule has 8 heteroatoms. The Labute approximate surface area is 159 Å². The van der Waals surface area contributed by atoms with Crippen molar-refractivity contribution in [2.24, 2.45) is 0 Å². The molecule has 3 heterocycles. The van der Waals surface area contributed by atoms with Gasteiger partial charge in [-0.1, -0.05) is 23.5 Å². The number of aromatic nitrogens is 4. The SMILES string of the molecule is Cc1cccc2[nH]cc(CCNc3ccc(C(=O)Nc4nncs4)cn3)c12. The first-order valence-corrected chi connectivity index (χ1v) is 9.42. The second-order valence-corrected chi connectivity index (χ2v) is 6.95. The van der Waals surface area contributed by atoms with E-state index in [1.807, 2.05) is 0 Å². The standard InChI is InChI=1S/C19H18N6OS/c1-12-3-2-4-15-17(12)13(9-21-15)7-8-20-16-6-5-14(10-22-16)18(26)24-19-25-23-11-27-19/h2-6,9-11,21H,7-8H2,1H3,(H,20,22)(H,24,25,26). The Kier molecular flexibility index (Phi) is 4.80. The van der Waals surface area contributed by atoms with Crippen LogP contribution in [0.3, 0.4) is 0 Å². The number of fused-ring (bicyclic) bond motifs is 1. The first-order chi connectivity index (χ1) is 13.2. The number of hydrogen-bond acceptors (Lipinski definition) is 6. The minimum atomic E-state index is -0.250. The molecular weight excluding hydrogens is 360 g/mol. The van der Waals surface area contributed by atoms with E-state index in [1.165, 1.54) is 27.8 Å². The van der Waals surface area contributed by atoms with Crippen LogP contribution in [0.1, 0.15) is 21.5 Å². The smallest absolute Gasteiger partial charge is 0.259 e. The molecule has 4 rings (SSSR count). The van der Waals surface area contributed by atoms with E-state index in [-0.39, 0.29) is 5.91 Å². The Morgan fingerprint density at radius 1 is 1.26 bits per heavy atom. The largest absolute Gasteiger partial charge is 0.370 e. The van der Waals surface area contributed by atoms with Gasteiger partial charge in [-0.15, -0.1) is 10.2 Å². The number of aryl methyl sites for hydroxylation is 1. The van der Waals surface area contributed by atoms with E-state index in [0.29, 0.717) is 10.7 Å². The third-order valence-corrected chi connectivity index (χ3v) is 4.91. The zero-order valence-electron chi connectivity index (χ0n) is 14.7. The molecule has 0 aliphatic rings. The molecule has 7 nitrogen and oxygen atoms in total. The summed E-state index contributed by atoms with van der Waals surface area (Å²) in [4.78, 5) is 19.7. The van der Waals surface area contributed by atoms with Crippen LogP contribution < -0.4 is 10.6 Å². The Hall–Kier alpha value is -3.26. The zero-order chi connectivity index (χ0) is 18.6. The number of H-pyrrole nitrogens is 1. The number of rotatable bonds is 6. The summed E-state index contributed by atoms with van der Waals surface area (Å²) in [5, 5.41) is 15.2. The van der Waals surface area contributed by atoms with Crippen molar-refractivity contribution >= 4 is 39.1 Å². The maximum atomic E-state index is 12.1. The molecule has 0 aliphatic heterocycles. The number of anilines is 2. The number of hydrogen-bond donors (Lipinski definition) is 3. The van der Waals surface area contributed by atoms with E-state index < -0.39 is 0 Å². The Balaban J connectivity index is 1.35. The summed E-state index contributed by atoms with van der Waals surface area (Å²) in [6.07, 6.45) is 4.49. The highest BCUT2D eigenvalue weighted by Crippen LogP contribution is 2.22. The van der Waals surface area contributed by atoms with Crippen LogP contribution in [0.4, 0.5) is 10.9 Å². The molecule has 27 heavy (non-hydrogen) atoms. The van der Waals surface area contributed by atoms with Gasteiger partial charge in [-0.2, -0.15) is 0 Å². The maximum absolute atomic E-state index is 12.1. The molecular formula is C19H18N6OS. The van der Waals surface area contributed by atoms with Crippen LogP contribution in [0.2, 0.25) is 0 Å². The molecule has 1 aromatic carbocycles. The lowest BCUT2D eigenvalue weighted by Gasteiger charge is -2.07. The predicted molar refractivity (Wildman–Crippen MR) is 107 cm³/mol. The minimum Gasteiger partial charge on any atom is -0.370 e. The van der Waals surface area contributed by atoms with Crippen LogP contribution in [0.25, 0.3) is 10.9 Å². The fraction of sp³-hybridized carbons (Fsp3) is 0.158. The van der Waals surface area contributed by atoms with Gasteiger partial charge in [-0.25, -0.2) is 4.98 Å². The van der Waals surface area contributed by atoms with Gasteiger partial charge < -0.3 is 10.3 Å². The van der Waals surface area contributed by atoms with Gasteiger partial charge >= 0.3 is 0 Å². The van der Waals surface area contributed by atoms with Crippen molar-refractivity contribution in [1.82, 2.24) is 20.2 Å². The van der Waals surface area contributed by atoms with Crippen LogP contribution >= 0.6 is 11.3 Å². The molecule has 3 aromatic heterocycles. The number of nitrogens with zero attached hydrogens (tertiary/aromatic N) is 3. The molecule has 0 bridgehead atoms. The number of nitrogens with one attached hydrogen (secondary N) is 3. The van der Waals surface area contributed by atoms with Crippen LogP contribution in [0, 0.1) is 6.92 Å². The van der Waals surface area contributed by atoms with Crippen molar-refractivity contribution in [1.29, 1.82) is 0 Å². The second kappa shape index (κ2) is 7.55. The molecule has 0 fully saturated rings. The van der Waals surface area contributed by atoms with Gasteiger partial charge in [0.25, 0.3) is 5.91 Å². The highest BCUT2D eigenvalue weighted by Gasteiger charge is 2.09. The van der Waals surface area contributed by atoms with Crippen molar-refractivity contribution in [2.45, 2.75) is 13.3 Å². The summed E-state index contributed by atoms with van der Waals surface area (Å²) < 4.78 is 0. The lowest BCUT2D eigenvalue weighted by molar-refractivity contribution is 0.102. The zero-order valence-corrected chi connectivity index (χ0v) is 15.5. The van der Waals surface area contributed by atoms with Gasteiger partial charge in [0.15, 0.2) is 0 Å². The van der Waals surface area contributed by atoms with Gasteiger partial charge in [0, 0.05) is 29.8 Å². The van der Waals surface area contributed by atoms with Crippen molar-refractivity contribution < 1.29 is 4.79 Å². The average molecular weight is 378 g/mol. The molecule has 0 saturated heterocycles. The Bertz CT molecular complexity index is 1060. The van der Waals surface area contributed by atoms with Gasteiger partial charge in [-0.05, 0) is 42.7 Å². The number of carbonyl (C=O) groups is 1. The van der Waals surface area contributed by atoms with Crippen LogP contribution in [0.5, 0.6) is 0 Å². The molecule has 4 aromatic rings. The van der Waals surface area contributed by atoms with E-state index in [0.717, 1.165) is 24.3 Å². The molecule has 0 saturated carbocycles. The first kappa shape index (κ1) is 17.2. The monoisotopic (exact) mass is 378 g/mol. The molecule has 0 spiro atoms. The number of pyridine rings is 1. The van der Waals surface area contributed by atoms with Crippen molar-refractivity contribution in [3.8, 4) is 0 Å². The normalized spacial score (nSPS) is 10.9. The molecule has 0 aliphatic carbocycles. The molecule has 1 amide bonds. The van der Waals surface area contributed by atoms with Crippen LogP contribution in [0.15, 0.2) is 48.2 Å². The summed E-state index contributed by atoms with van der Waals surface area (Å²) in [5.74, 6) is 0.485. The predicted octanol–water partition coefficient (Wildman–Crippen LogP) is 3.63. The highest BCUT2D eigenvalue weighted by molar-refractivity contribution is 7.13. The molecule has 3 N–H and O–H groups in total. The lowest BCUT2D eigenvalue weighted by atomic mass is 10.1. The van der Waals surface area contributed by atoms with Gasteiger partial charge in [0.1, 0.15) is 11.3 Å². The third-order valence-electron chi connectivity index (χ3n) is 4.30. The quantitative estimate of drug-likeness (QED) is 0.476. The summed E-state index contributed by atoms with van der Waals surface area (Å²) in [7, 11) is 0. The Morgan fingerprint density at radius 3 is 2.96 bits per heavy atom. The molecule has 0 unspecified atom stereocenters. The summed E-state index contributed by atoms with van der Waals surface area (Å²) in [5.41, 5.74) is 5.75. The summed E-state index contributed by atoms with van der Waals surface area (Å²) in [6.45, 7) is 2.88. The van der Waals surface area contributed by atoms with Crippen LogP contribution in [-0.4, -0.2) is 32.6 Å². The topological polar surface area (TPSA) is 95.6 Å². The highest BCUT2D eigenvalue weighted by atomic mass is 32.1.